The molecule has 0 fully saturated rings. The molecule has 0 aliphatic carbocycles. The Labute approximate surface area is 287 Å². The Kier molecular flexibility index (Phi) is 16.9. The molecular formula is C37H57N5O6. The van der Waals surface area contributed by atoms with E-state index in [0.29, 0.717) is 16.9 Å². The van der Waals surface area contributed by atoms with Gasteiger partial charge in [0.2, 0.25) is 11.8 Å². The summed E-state index contributed by atoms with van der Waals surface area (Å²) in [5, 5.41) is 8.83. The molecule has 2 rings (SSSR count). The number of hydrogen-bond donors (Lipinski definition) is 4. The molecule has 0 bridgehead atoms. The molecule has 11 heteroatoms. The minimum absolute atomic E-state index is 0.0867. The number of esters is 1. The normalized spacial score (nSPS) is 12.9. The number of carbonyl (C=O) groups excluding carboxylic acids is 4. The molecule has 2 aromatic rings. The van der Waals surface area contributed by atoms with Crippen molar-refractivity contribution in [1.29, 1.82) is 0 Å². The lowest BCUT2D eigenvalue weighted by Gasteiger charge is -2.38. The summed E-state index contributed by atoms with van der Waals surface area (Å²) >= 11 is 0. The summed E-state index contributed by atoms with van der Waals surface area (Å²) in [4.78, 5) is 53.3. The van der Waals surface area contributed by atoms with Gasteiger partial charge >= 0.3 is 12.1 Å². The Bertz CT molecular complexity index is 1380. The highest BCUT2D eigenvalue weighted by molar-refractivity contribution is 5.92. The van der Waals surface area contributed by atoms with Crippen molar-refractivity contribution in [3.63, 3.8) is 0 Å². The van der Waals surface area contributed by atoms with Gasteiger partial charge in [-0.05, 0) is 61.7 Å². The zero-order valence-corrected chi connectivity index (χ0v) is 30.7. The highest BCUT2D eigenvalue weighted by Gasteiger charge is 2.40. The molecule has 48 heavy (non-hydrogen) atoms. The van der Waals surface area contributed by atoms with Crippen LogP contribution in [0.25, 0.3) is 0 Å². The van der Waals surface area contributed by atoms with Crippen LogP contribution in [0.2, 0.25) is 0 Å². The molecule has 0 saturated carbocycles. The van der Waals surface area contributed by atoms with E-state index in [4.69, 9.17) is 15.2 Å². The summed E-state index contributed by atoms with van der Waals surface area (Å²) in [6.07, 6.45) is 2.26. The van der Waals surface area contributed by atoms with Crippen molar-refractivity contribution in [2.45, 2.75) is 92.8 Å². The van der Waals surface area contributed by atoms with Crippen LogP contribution in [0, 0.1) is 5.41 Å². The fraction of sp³-hybridized carbons (Fsp3) is 0.514. The third-order valence-electron chi connectivity index (χ3n) is 7.52. The van der Waals surface area contributed by atoms with E-state index in [1.165, 1.54) is 11.3 Å². The first-order valence-electron chi connectivity index (χ1n) is 16.4. The second-order valence-corrected chi connectivity index (χ2v) is 13.3. The molecule has 0 spiro atoms. The molecule has 2 unspecified atom stereocenters. The van der Waals surface area contributed by atoms with Crippen LogP contribution in [0.5, 0.6) is 0 Å². The fourth-order valence-electron chi connectivity index (χ4n) is 4.69. The van der Waals surface area contributed by atoms with Crippen LogP contribution in [-0.2, 0) is 35.9 Å². The lowest BCUT2D eigenvalue weighted by atomic mass is 9.76. The molecule has 3 amide bonds. The number of likely N-dealkylation sites (N-methyl/N-ethyl adjacent to an activating group) is 2. The first-order chi connectivity index (χ1) is 22.4. The zero-order valence-electron chi connectivity index (χ0n) is 30.7. The molecule has 0 radical (unpaired) electrons. The Balaban J connectivity index is 0.00000369. The van der Waals surface area contributed by atoms with Crippen molar-refractivity contribution in [3.05, 3.63) is 71.3 Å². The van der Waals surface area contributed by atoms with Crippen molar-refractivity contribution in [3.8, 4) is 0 Å². The number of nitrogens with two attached hydrogens (primary N) is 1. The van der Waals surface area contributed by atoms with Gasteiger partial charge in [-0.3, -0.25) is 14.9 Å². The van der Waals surface area contributed by atoms with E-state index < -0.39 is 35.0 Å². The highest BCUT2D eigenvalue weighted by Crippen LogP contribution is 2.30. The van der Waals surface area contributed by atoms with Gasteiger partial charge in [-0.2, -0.15) is 0 Å². The van der Waals surface area contributed by atoms with Gasteiger partial charge in [0.25, 0.3) is 0 Å². The van der Waals surface area contributed by atoms with E-state index in [2.05, 4.69) is 29.8 Å². The molecule has 266 valence electrons. The average Bonchev–Trinajstić information content (AvgIpc) is 3.02. The van der Waals surface area contributed by atoms with Crippen LogP contribution in [0.3, 0.4) is 0 Å². The van der Waals surface area contributed by atoms with E-state index in [0.717, 1.165) is 11.1 Å². The Morgan fingerprint density at radius 2 is 1.54 bits per heavy atom. The van der Waals surface area contributed by atoms with Crippen molar-refractivity contribution in [1.82, 2.24) is 15.5 Å². The van der Waals surface area contributed by atoms with Crippen molar-refractivity contribution >= 4 is 35.3 Å². The summed E-state index contributed by atoms with van der Waals surface area (Å²) in [5.41, 5.74) is 7.45. The number of hydrogen-bond acceptors (Lipinski definition) is 8. The van der Waals surface area contributed by atoms with E-state index in [9.17, 15) is 19.2 Å². The average molecular weight is 668 g/mol. The molecule has 0 saturated heterocycles. The summed E-state index contributed by atoms with van der Waals surface area (Å²) in [5.74, 6) is -1.09. The quantitative estimate of drug-likeness (QED) is 0.119. The SMILES string of the molecule is CCC.CCOC(=O)/C(C)=C/CN(C)C(=O)C(NC(=O)C(NC)C(C)(C)c1cccc(NC(=O)OCc2ccc(N)cc2)c1)C(C)(C)C. The molecule has 0 heterocycles. The number of carbonyl (C=O) groups is 4. The Morgan fingerprint density at radius 1 is 0.938 bits per heavy atom. The van der Waals surface area contributed by atoms with Crippen molar-refractivity contribution in [2.75, 3.05) is 38.3 Å². The van der Waals surface area contributed by atoms with E-state index in [-0.39, 0.29) is 31.6 Å². The molecule has 2 aromatic carbocycles. The topological polar surface area (TPSA) is 152 Å². The van der Waals surface area contributed by atoms with Crippen molar-refractivity contribution in [2.24, 2.45) is 5.41 Å². The van der Waals surface area contributed by atoms with E-state index in [1.54, 1.807) is 76.5 Å². The summed E-state index contributed by atoms with van der Waals surface area (Å²) in [6.45, 7) is 17.6. The van der Waals surface area contributed by atoms with E-state index >= 15 is 0 Å². The molecular weight excluding hydrogens is 610 g/mol. The Hall–Kier alpha value is -4.38. The monoisotopic (exact) mass is 667 g/mol. The second-order valence-electron chi connectivity index (χ2n) is 13.3. The summed E-state index contributed by atoms with van der Waals surface area (Å²) < 4.78 is 10.4. The van der Waals surface area contributed by atoms with Gasteiger partial charge in [0.05, 0.1) is 12.6 Å². The van der Waals surface area contributed by atoms with Gasteiger partial charge in [0.15, 0.2) is 0 Å². The van der Waals surface area contributed by atoms with Gasteiger partial charge in [-0.25, -0.2) is 9.59 Å². The van der Waals surface area contributed by atoms with Gasteiger partial charge in [-0.15, -0.1) is 0 Å². The maximum Gasteiger partial charge on any atom is 0.411 e. The number of amides is 3. The van der Waals surface area contributed by atoms with Crippen LogP contribution in [-0.4, -0.2) is 68.1 Å². The predicted octanol–water partition coefficient (Wildman–Crippen LogP) is 5.80. The highest BCUT2D eigenvalue weighted by atomic mass is 16.5. The van der Waals surface area contributed by atoms with Crippen molar-refractivity contribution < 1.29 is 28.7 Å². The lowest BCUT2D eigenvalue weighted by Crippen LogP contribution is -2.60. The molecule has 2 atom stereocenters. The third-order valence-corrected chi connectivity index (χ3v) is 7.52. The zero-order chi connectivity index (χ0) is 36.7. The first kappa shape index (κ1) is 41.6. The lowest BCUT2D eigenvalue weighted by molar-refractivity contribution is -0.139. The largest absolute Gasteiger partial charge is 0.463 e. The summed E-state index contributed by atoms with van der Waals surface area (Å²) in [6, 6.07) is 12.7. The number of benzene rings is 2. The van der Waals surface area contributed by atoms with Crippen LogP contribution in [0.15, 0.2) is 60.2 Å². The maximum absolute atomic E-state index is 13.8. The van der Waals surface area contributed by atoms with Gasteiger partial charge in [0, 0.05) is 36.0 Å². The van der Waals surface area contributed by atoms with Gasteiger partial charge in [-0.1, -0.05) is 85.2 Å². The predicted molar refractivity (Wildman–Crippen MR) is 192 cm³/mol. The van der Waals surface area contributed by atoms with Crippen LogP contribution in [0.1, 0.15) is 79.9 Å². The molecule has 5 N–H and O–H groups in total. The maximum atomic E-state index is 13.8. The standard InChI is InChI=1S/C34H49N5O6.C3H8/c1-10-44-31(42)22(2)18-19-39(9)30(41)28(33(3,4)5)38-29(40)27(36-8)34(6,7)24-12-11-13-26(20-24)37-32(43)45-21-23-14-16-25(35)17-15-23;1-3-2/h11-18,20,27-28,36H,10,19,21,35H2,1-9H3,(H,37,43)(H,38,40);3H2,1-2H3/b22-18+;. The number of nitrogens with one attached hydrogen (secondary N) is 3. The van der Waals surface area contributed by atoms with Crippen LogP contribution < -0.4 is 21.7 Å². The third kappa shape index (κ3) is 13.0. The summed E-state index contributed by atoms with van der Waals surface area (Å²) in [7, 11) is 3.31. The number of ether oxygens (including phenoxy) is 2. The number of rotatable bonds is 13. The smallest absolute Gasteiger partial charge is 0.411 e. The minimum atomic E-state index is -0.846. The number of anilines is 2. The molecule has 0 aliphatic heterocycles. The molecule has 0 aliphatic rings. The van der Waals surface area contributed by atoms with Crippen LogP contribution >= 0.6 is 0 Å². The van der Waals surface area contributed by atoms with Crippen LogP contribution in [0.4, 0.5) is 16.2 Å². The molecule has 11 nitrogen and oxygen atoms in total. The number of nitrogens with zero attached hydrogens (tertiary/aromatic N) is 1. The number of nitrogen functional groups attached to an aromatic ring is 1. The van der Waals surface area contributed by atoms with E-state index in [1.807, 2.05) is 40.7 Å². The molecule has 0 aromatic heterocycles. The second kappa shape index (κ2) is 19.4. The first-order valence-corrected chi connectivity index (χ1v) is 16.4. The minimum Gasteiger partial charge on any atom is -0.463 e. The fourth-order valence-corrected chi connectivity index (χ4v) is 4.69. The van der Waals surface area contributed by atoms with Gasteiger partial charge < -0.3 is 30.7 Å². The Morgan fingerprint density at radius 3 is 2.08 bits per heavy atom. The van der Waals surface area contributed by atoms with Gasteiger partial charge in [0.1, 0.15) is 12.6 Å².